The van der Waals surface area contributed by atoms with Crippen LogP contribution in [0.4, 0.5) is 13.2 Å². The van der Waals surface area contributed by atoms with Gasteiger partial charge < -0.3 is 14.5 Å². The summed E-state index contributed by atoms with van der Waals surface area (Å²) in [4.78, 5) is 23.0. The fraction of sp³-hybridized carbons (Fsp3) is 0.238. The number of hydrogen-bond acceptors (Lipinski definition) is 5. The number of hydrogen-bond donors (Lipinski definition) is 1. The summed E-state index contributed by atoms with van der Waals surface area (Å²) >= 11 is 0. The molecule has 2 aromatic carbocycles. The van der Waals surface area contributed by atoms with Gasteiger partial charge in [0.15, 0.2) is 0 Å². The largest absolute Gasteiger partial charge is 0.417 e. The fourth-order valence-electron chi connectivity index (χ4n) is 3.99. The lowest BCUT2D eigenvalue weighted by atomic mass is 10.0. The molecule has 3 aromatic rings. The van der Waals surface area contributed by atoms with E-state index in [-0.39, 0.29) is 11.3 Å². The van der Waals surface area contributed by atoms with Crippen LogP contribution >= 0.6 is 0 Å². The van der Waals surface area contributed by atoms with Crippen LogP contribution in [0.2, 0.25) is 0 Å². The number of aryl methyl sites for hydroxylation is 1. The number of benzene rings is 2. The quantitative estimate of drug-likeness (QED) is 0.595. The molecular formula is C21H17F3N2O5S. The van der Waals surface area contributed by atoms with E-state index < -0.39 is 49.5 Å². The highest BCUT2D eigenvalue weighted by atomic mass is 32.2. The summed E-state index contributed by atoms with van der Waals surface area (Å²) in [6, 6.07) is 8.04. The van der Waals surface area contributed by atoms with Crippen molar-refractivity contribution in [2.75, 3.05) is 0 Å². The van der Waals surface area contributed by atoms with Crippen LogP contribution in [-0.2, 0) is 34.6 Å². The smallest absolute Gasteiger partial charge is 0.379 e. The van der Waals surface area contributed by atoms with Crippen LogP contribution in [0.15, 0.2) is 52.2 Å². The first kappa shape index (κ1) is 21.9. The van der Waals surface area contributed by atoms with Crippen molar-refractivity contribution in [2.24, 2.45) is 12.8 Å². The second-order valence-electron chi connectivity index (χ2n) is 7.49. The van der Waals surface area contributed by atoms with Gasteiger partial charge in [0.05, 0.1) is 17.0 Å². The number of amides is 1. The molecule has 4 rings (SSSR count). The number of nitrogens with zero attached hydrogens (tertiary/aromatic N) is 1. The van der Waals surface area contributed by atoms with Gasteiger partial charge >= 0.3 is 16.3 Å². The highest BCUT2D eigenvalue weighted by molar-refractivity contribution is 7.87. The maximum absolute atomic E-state index is 13.5. The summed E-state index contributed by atoms with van der Waals surface area (Å²) < 4.78 is 72.5. The van der Waals surface area contributed by atoms with Crippen LogP contribution < -0.4 is 15.5 Å². The minimum Gasteiger partial charge on any atom is -0.379 e. The number of aromatic nitrogens is 1. The number of alkyl halides is 3. The minimum atomic E-state index is -4.86. The molecule has 168 valence electrons. The van der Waals surface area contributed by atoms with Crippen LogP contribution in [0.25, 0.3) is 10.9 Å². The number of primary amides is 1. The van der Waals surface area contributed by atoms with E-state index in [9.17, 15) is 31.2 Å². The maximum Gasteiger partial charge on any atom is 0.417 e. The molecule has 1 atom stereocenters. The summed E-state index contributed by atoms with van der Waals surface area (Å²) in [5.41, 5.74) is 4.28. The van der Waals surface area contributed by atoms with Gasteiger partial charge in [-0.3, -0.25) is 9.59 Å². The van der Waals surface area contributed by atoms with Crippen LogP contribution in [0.5, 0.6) is 5.75 Å². The molecule has 1 aromatic heterocycles. The molecular weight excluding hydrogens is 449 g/mol. The van der Waals surface area contributed by atoms with Crippen LogP contribution in [0, 0.1) is 0 Å². The standard InChI is InChI=1S/C21H17F3N2O5S/c1-26-17-8-5-11(9-15(17)16(10-19(26)27)21(22,23)24)32(29,30)31-18-4-2-3-12-13(18)6-7-14(12)20(25)28/h2-5,8-10,14H,6-7H2,1H3,(H2,25,28). The van der Waals surface area contributed by atoms with Crippen molar-refractivity contribution in [1.29, 1.82) is 0 Å². The van der Waals surface area contributed by atoms with E-state index in [1.807, 2.05) is 0 Å². The Bertz CT molecular complexity index is 1430. The topological polar surface area (TPSA) is 108 Å². The van der Waals surface area contributed by atoms with Gasteiger partial charge in [-0.2, -0.15) is 21.6 Å². The Morgan fingerprint density at radius 1 is 1.19 bits per heavy atom. The normalized spacial score (nSPS) is 16.2. The molecule has 1 amide bonds. The number of rotatable bonds is 4. The van der Waals surface area contributed by atoms with Gasteiger partial charge in [0.25, 0.3) is 5.56 Å². The summed E-state index contributed by atoms with van der Waals surface area (Å²) in [7, 11) is -3.23. The monoisotopic (exact) mass is 466 g/mol. The van der Waals surface area contributed by atoms with Crippen molar-refractivity contribution in [3.05, 3.63) is 69.5 Å². The molecule has 0 aliphatic heterocycles. The Morgan fingerprint density at radius 2 is 1.91 bits per heavy atom. The van der Waals surface area contributed by atoms with Gasteiger partial charge in [-0.25, -0.2) is 0 Å². The Balaban J connectivity index is 1.81. The zero-order valence-corrected chi connectivity index (χ0v) is 17.5. The molecule has 32 heavy (non-hydrogen) atoms. The fourth-order valence-corrected chi connectivity index (χ4v) is 4.98. The number of carbonyl (C=O) groups is 1. The van der Waals surface area contributed by atoms with E-state index in [2.05, 4.69) is 0 Å². The van der Waals surface area contributed by atoms with Crippen molar-refractivity contribution in [2.45, 2.75) is 29.8 Å². The Morgan fingerprint density at radius 3 is 2.56 bits per heavy atom. The summed E-state index contributed by atoms with van der Waals surface area (Å²) in [5, 5.41) is -0.448. The van der Waals surface area contributed by atoms with Crippen LogP contribution in [0.1, 0.15) is 29.0 Å². The molecule has 0 saturated carbocycles. The first-order chi connectivity index (χ1) is 14.9. The molecule has 1 aliphatic carbocycles. The molecule has 0 saturated heterocycles. The van der Waals surface area contributed by atoms with Gasteiger partial charge in [0.1, 0.15) is 10.6 Å². The molecule has 1 unspecified atom stereocenters. The molecule has 11 heteroatoms. The lowest BCUT2D eigenvalue weighted by Crippen LogP contribution is -2.21. The van der Waals surface area contributed by atoms with Crippen molar-refractivity contribution in [1.82, 2.24) is 4.57 Å². The zero-order valence-electron chi connectivity index (χ0n) is 16.6. The van der Waals surface area contributed by atoms with E-state index >= 15 is 0 Å². The summed E-state index contributed by atoms with van der Waals surface area (Å²) in [6.07, 6.45) is -4.09. The van der Waals surface area contributed by atoms with Crippen LogP contribution in [0.3, 0.4) is 0 Å². The van der Waals surface area contributed by atoms with Gasteiger partial charge in [0.2, 0.25) is 5.91 Å². The molecule has 0 spiro atoms. The first-order valence-electron chi connectivity index (χ1n) is 9.47. The lowest BCUT2D eigenvalue weighted by molar-refractivity contribution is -0.136. The third-order valence-electron chi connectivity index (χ3n) is 5.58. The van der Waals surface area contributed by atoms with E-state index in [0.29, 0.717) is 30.0 Å². The number of fused-ring (bicyclic) bond motifs is 2. The summed E-state index contributed by atoms with van der Waals surface area (Å²) in [5.74, 6) is -1.11. The molecule has 0 fully saturated rings. The maximum atomic E-state index is 13.5. The van der Waals surface area contributed by atoms with E-state index in [0.717, 1.165) is 22.8 Å². The number of halogens is 3. The third kappa shape index (κ3) is 3.62. The lowest BCUT2D eigenvalue weighted by Gasteiger charge is -2.15. The van der Waals surface area contributed by atoms with Crippen molar-refractivity contribution in [3.8, 4) is 5.75 Å². The second-order valence-corrected chi connectivity index (χ2v) is 9.03. The van der Waals surface area contributed by atoms with Crippen molar-refractivity contribution in [3.63, 3.8) is 0 Å². The van der Waals surface area contributed by atoms with E-state index in [4.69, 9.17) is 9.92 Å². The average Bonchev–Trinajstić information content (AvgIpc) is 3.15. The Labute approximate surface area is 180 Å². The average molecular weight is 466 g/mol. The summed E-state index contributed by atoms with van der Waals surface area (Å²) in [6.45, 7) is 0. The predicted octanol–water partition coefficient (Wildman–Crippen LogP) is 2.84. The predicted molar refractivity (Wildman–Crippen MR) is 109 cm³/mol. The Kier molecular flexibility index (Phi) is 5.04. The molecule has 2 N–H and O–H groups in total. The first-order valence-corrected chi connectivity index (χ1v) is 10.9. The molecule has 0 bridgehead atoms. The van der Waals surface area contributed by atoms with Gasteiger partial charge in [0, 0.05) is 18.5 Å². The molecule has 1 heterocycles. The van der Waals surface area contributed by atoms with Gasteiger partial charge in [-0.15, -0.1) is 0 Å². The second kappa shape index (κ2) is 7.37. The highest BCUT2D eigenvalue weighted by Crippen LogP contribution is 2.39. The Hall–Kier alpha value is -3.34. The SMILES string of the molecule is Cn1c(=O)cc(C(F)(F)F)c2cc(S(=O)(=O)Oc3cccc4c3CCC4C(N)=O)ccc21. The van der Waals surface area contributed by atoms with Crippen molar-refractivity contribution >= 4 is 26.9 Å². The molecule has 0 radical (unpaired) electrons. The van der Waals surface area contributed by atoms with Gasteiger partial charge in [-0.1, -0.05) is 12.1 Å². The highest BCUT2D eigenvalue weighted by Gasteiger charge is 2.35. The van der Waals surface area contributed by atoms with Crippen molar-refractivity contribution < 1.29 is 30.6 Å². The van der Waals surface area contributed by atoms with Gasteiger partial charge in [-0.05, 0) is 48.2 Å². The number of nitrogens with two attached hydrogens (primary N) is 1. The molecule has 1 aliphatic rings. The molecule has 7 nitrogen and oxygen atoms in total. The zero-order chi connectivity index (χ0) is 23.4. The third-order valence-corrected chi connectivity index (χ3v) is 6.81. The van der Waals surface area contributed by atoms with Crippen LogP contribution in [-0.4, -0.2) is 18.9 Å². The minimum absolute atomic E-state index is 0.0112. The number of carbonyl (C=O) groups excluding carboxylic acids is 1. The number of pyridine rings is 1. The van der Waals surface area contributed by atoms with E-state index in [1.54, 1.807) is 6.07 Å². The van der Waals surface area contributed by atoms with E-state index in [1.165, 1.54) is 19.2 Å².